The minimum absolute atomic E-state index is 0.0208. The summed E-state index contributed by atoms with van der Waals surface area (Å²) in [6.45, 7) is 0. The summed E-state index contributed by atoms with van der Waals surface area (Å²) in [6.07, 6.45) is 1.65. The van der Waals surface area contributed by atoms with E-state index in [2.05, 4.69) is 16.0 Å². The molecule has 1 heterocycles. The number of nitriles is 1. The van der Waals surface area contributed by atoms with Crippen molar-refractivity contribution in [2.24, 2.45) is 0 Å². The van der Waals surface area contributed by atoms with Gasteiger partial charge in [0, 0.05) is 11.1 Å². The lowest BCUT2D eigenvalue weighted by Gasteiger charge is -2.04. The van der Waals surface area contributed by atoms with Crippen molar-refractivity contribution in [1.29, 1.82) is 5.26 Å². The number of H-pyrrole nitrogens is 1. The van der Waals surface area contributed by atoms with Crippen LogP contribution in [0.15, 0.2) is 66.7 Å². The van der Waals surface area contributed by atoms with Gasteiger partial charge in [0.1, 0.15) is 11.9 Å². The van der Waals surface area contributed by atoms with E-state index in [1.807, 2.05) is 18.2 Å². The molecule has 0 aliphatic rings. The van der Waals surface area contributed by atoms with E-state index in [0.717, 1.165) is 0 Å². The molecule has 0 aliphatic heterocycles. The van der Waals surface area contributed by atoms with Crippen LogP contribution < -0.4 is 4.74 Å². The standard InChI is InChI=1S/C24H17N3O3/c1-30-22-12-15(7-10-21(22)28)11-18(14-25)24-26-19-9-8-17(13-20(19)27-24)23(29)16-5-3-2-4-6-16/h2-13,28H,1H3,(H,26,27)/b18-11+. The maximum absolute atomic E-state index is 12.7. The number of benzene rings is 3. The Bertz CT molecular complexity index is 1310. The molecule has 6 nitrogen and oxygen atoms in total. The number of carbonyl (C=O) groups excluding carboxylic acids is 1. The second-order valence-electron chi connectivity index (χ2n) is 6.61. The number of aromatic amines is 1. The molecule has 0 unspecified atom stereocenters. The molecule has 0 amide bonds. The fraction of sp³-hybridized carbons (Fsp3) is 0.0417. The largest absolute Gasteiger partial charge is 0.504 e. The van der Waals surface area contributed by atoms with E-state index in [-0.39, 0.29) is 11.5 Å². The number of hydrogen-bond acceptors (Lipinski definition) is 5. The molecule has 0 bridgehead atoms. The van der Waals surface area contributed by atoms with Gasteiger partial charge in [0.05, 0.1) is 23.7 Å². The summed E-state index contributed by atoms with van der Waals surface area (Å²) in [6, 6.07) is 21.2. The molecule has 0 spiro atoms. The van der Waals surface area contributed by atoms with E-state index in [0.29, 0.717) is 44.9 Å². The fourth-order valence-electron chi connectivity index (χ4n) is 3.14. The van der Waals surface area contributed by atoms with E-state index < -0.39 is 0 Å². The molecule has 146 valence electrons. The summed E-state index contributed by atoms with van der Waals surface area (Å²) in [5.74, 6) is 0.645. The van der Waals surface area contributed by atoms with Gasteiger partial charge in [0.15, 0.2) is 17.3 Å². The van der Waals surface area contributed by atoms with Crippen molar-refractivity contribution < 1.29 is 14.6 Å². The van der Waals surface area contributed by atoms with Crippen molar-refractivity contribution in [3.8, 4) is 17.6 Å². The number of nitrogens with zero attached hydrogens (tertiary/aromatic N) is 2. The van der Waals surface area contributed by atoms with E-state index >= 15 is 0 Å². The summed E-state index contributed by atoms with van der Waals surface area (Å²) in [4.78, 5) is 20.3. The first-order chi connectivity index (χ1) is 14.6. The van der Waals surface area contributed by atoms with Gasteiger partial charge >= 0.3 is 0 Å². The van der Waals surface area contributed by atoms with Gasteiger partial charge in [-0.25, -0.2) is 4.98 Å². The van der Waals surface area contributed by atoms with Crippen LogP contribution in [0.2, 0.25) is 0 Å². The number of ether oxygens (including phenoxy) is 1. The van der Waals surface area contributed by atoms with Gasteiger partial charge in [-0.2, -0.15) is 5.26 Å². The smallest absolute Gasteiger partial charge is 0.193 e. The van der Waals surface area contributed by atoms with Crippen molar-refractivity contribution in [3.63, 3.8) is 0 Å². The molecule has 4 rings (SSSR count). The number of rotatable bonds is 5. The maximum Gasteiger partial charge on any atom is 0.193 e. The normalized spacial score (nSPS) is 11.3. The molecule has 0 aliphatic carbocycles. The van der Waals surface area contributed by atoms with Crippen LogP contribution in [-0.2, 0) is 0 Å². The molecule has 0 saturated carbocycles. The number of fused-ring (bicyclic) bond motifs is 1. The van der Waals surface area contributed by atoms with Crippen LogP contribution in [0.1, 0.15) is 27.3 Å². The monoisotopic (exact) mass is 395 g/mol. The number of methoxy groups -OCH3 is 1. The van der Waals surface area contributed by atoms with Crippen LogP contribution in [-0.4, -0.2) is 28.0 Å². The predicted molar refractivity (Wildman–Crippen MR) is 114 cm³/mol. The quantitative estimate of drug-likeness (QED) is 0.381. The van der Waals surface area contributed by atoms with E-state index in [1.165, 1.54) is 13.2 Å². The molecule has 0 saturated heterocycles. The number of allylic oxidation sites excluding steroid dienone is 1. The lowest BCUT2D eigenvalue weighted by atomic mass is 10.0. The minimum Gasteiger partial charge on any atom is -0.504 e. The first-order valence-electron chi connectivity index (χ1n) is 9.18. The second kappa shape index (κ2) is 7.94. The third kappa shape index (κ3) is 3.64. The van der Waals surface area contributed by atoms with Crippen molar-refractivity contribution in [2.75, 3.05) is 7.11 Å². The molecule has 0 radical (unpaired) electrons. The molecule has 0 atom stereocenters. The Labute approximate surface area is 172 Å². The SMILES string of the molecule is COc1cc(/C=C(\C#N)c2nc3ccc(C(=O)c4ccccc4)cc3[nH]2)ccc1O. The molecule has 0 fully saturated rings. The third-order valence-corrected chi connectivity index (χ3v) is 4.67. The Morgan fingerprint density at radius 3 is 2.63 bits per heavy atom. The number of imidazole rings is 1. The lowest BCUT2D eigenvalue weighted by Crippen LogP contribution is -2.00. The molecule has 4 aromatic rings. The average Bonchev–Trinajstić information content (AvgIpc) is 3.21. The molecular weight excluding hydrogens is 378 g/mol. The zero-order valence-electron chi connectivity index (χ0n) is 16.1. The zero-order chi connectivity index (χ0) is 21.1. The van der Waals surface area contributed by atoms with Crippen LogP contribution in [0.3, 0.4) is 0 Å². The maximum atomic E-state index is 12.7. The number of aromatic hydroxyl groups is 1. The molecule has 30 heavy (non-hydrogen) atoms. The van der Waals surface area contributed by atoms with E-state index in [1.54, 1.807) is 48.5 Å². The Hall–Kier alpha value is -4.37. The topological polar surface area (TPSA) is 99.0 Å². The van der Waals surface area contributed by atoms with Gasteiger partial charge in [-0.15, -0.1) is 0 Å². The van der Waals surface area contributed by atoms with Crippen LogP contribution >= 0.6 is 0 Å². The first-order valence-corrected chi connectivity index (χ1v) is 9.18. The number of phenols is 1. The van der Waals surface area contributed by atoms with E-state index in [9.17, 15) is 15.2 Å². The van der Waals surface area contributed by atoms with Gasteiger partial charge < -0.3 is 14.8 Å². The Balaban J connectivity index is 1.70. The highest BCUT2D eigenvalue weighted by Gasteiger charge is 2.13. The van der Waals surface area contributed by atoms with Gasteiger partial charge in [-0.05, 0) is 42.0 Å². The summed E-state index contributed by atoms with van der Waals surface area (Å²) in [5.41, 5.74) is 3.46. The molecule has 3 aromatic carbocycles. The van der Waals surface area contributed by atoms with Crippen molar-refractivity contribution in [3.05, 3.63) is 89.2 Å². The molecule has 1 aromatic heterocycles. The van der Waals surface area contributed by atoms with Gasteiger partial charge in [-0.3, -0.25) is 4.79 Å². The molecule has 6 heteroatoms. The third-order valence-electron chi connectivity index (χ3n) is 4.67. The van der Waals surface area contributed by atoms with E-state index in [4.69, 9.17) is 4.74 Å². The number of carbonyl (C=O) groups is 1. The number of nitrogens with one attached hydrogen (secondary N) is 1. The van der Waals surface area contributed by atoms with Crippen molar-refractivity contribution >= 4 is 28.5 Å². The Morgan fingerprint density at radius 1 is 1.10 bits per heavy atom. The van der Waals surface area contributed by atoms with Crippen LogP contribution in [0.25, 0.3) is 22.7 Å². The number of hydrogen-bond donors (Lipinski definition) is 2. The van der Waals surface area contributed by atoms with Crippen molar-refractivity contribution in [1.82, 2.24) is 9.97 Å². The summed E-state index contributed by atoms with van der Waals surface area (Å²) >= 11 is 0. The van der Waals surface area contributed by atoms with Crippen LogP contribution in [0.4, 0.5) is 0 Å². The highest BCUT2D eigenvalue weighted by atomic mass is 16.5. The highest BCUT2D eigenvalue weighted by molar-refractivity contribution is 6.10. The van der Waals surface area contributed by atoms with Gasteiger partial charge in [0.25, 0.3) is 0 Å². The van der Waals surface area contributed by atoms with Gasteiger partial charge in [-0.1, -0.05) is 36.4 Å². The molecular formula is C24H17N3O3. The highest BCUT2D eigenvalue weighted by Crippen LogP contribution is 2.28. The zero-order valence-corrected chi connectivity index (χ0v) is 16.1. The van der Waals surface area contributed by atoms with Gasteiger partial charge in [0.2, 0.25) is 0 Å². The second-order valence-corrected chi connectivity index (χ2v) is 6.61. The summed E-state index contributed by atoms with van der Waals surface area (Å²) in [5, 5.41) is 19.4. The van der Waals surface area contributed by atoms with Crippen LogP contribution in [0.5, 0.6) is 11.5 Å². The van der Waals surface area contributed by atoms with Crippen LogP contribution in [0, 0.1) is 11.3 Å². The Kier molecular flexibility index (Phi) is 5.02. The molecule has 2 N–H and O–H groups in total. The minimum atomic E-state index is -0.0825. The Morgan fingerprint density at radius 2 is 1.90 bits per heavy atom. The summed E-state index contributed by atoms with van der Waals surface area (Å²) in [7, 11) is 1.46. The number of phenolic OH excluding ortho intramolecular Hbond substituents is 1. The first kappa shape index (κ1) is 19.0. The lowest BCUT2D eigenvalue weighted by molar-refractivity contribution is 0.103. The fourth-order valence-corrected chi connectivity index (χ4v) is 3.14. The average molecular weight is 395 g/mol. The summed E-state index contributed by atoms with van der Waals surface area (Å²) < 4.78 is 5.11. The number of ketones is 1. The predicted octanol–water partition coefficient (Wildman–Crippen LogP) is 4.57. The van der Waals surface area contributed by atoms with Crippen molar-refractivity contribution in [2.45, 2.75) is 0 Å². The number of aromatic nitrogens is 2.